The molecule has 0 aliphatic rings. The first-order valence-corrected chi connectivity index (χ1v) is 9.78. The largest absolute Gasteiger partial charge is 0.497 e. The highest BCUT2D eigenvalue weighted by molar-refractivity contribution is 5.92. The van der Waals surface area contributed by atoms with Gasteiger partial charge in [-0.1, -0.05) is 12.1 Å². The third-order valence-electron chi connectivity index (χ3n) is 4.69. The molecule has 1 heterocycles. The topological polar surface area (TPSA) is 91.7 Å². The van der Waals surface area contributed by atoms with Crippen molar-refractivity contribution in [2.45, 2.75) is 19.4 Å². The summed E-state index contributed by atoms with van der Waals surface area (Å²) in [5, 5.41) is 7.25. The monoisotopic (exact) mass is 423 g/mol. The van der Waals surface area contributed by atoms with E-state index in [4.69, 9.17) is 14.2 Å². The quantitative estimate of drug-likeness (QED) is 0.568. The molecule has 3 aromatic rings. The minimum absolute atomic E-state index is 0.191. The smallest absolute Gasteiger partial charge is 0.266 e. The van der Waals surface area contributed by atoms with E-state index in [0.717, 1.165) is 5.56 Å². The molecule has 3 rings (SSSR count). The number of ether oxygens (including phenoxy) is 3. The maximum atomic E-state index is 12.4. The summed E-state index contributed by atoms with van der Waals surface area (Å²) < 4.78 is 17.1. The molecule has 0 aliphatic heterocycles. The van der Waals surface area contributed by atoms with E-state index in [1.807, 2.05) is 24.3 Å². The van der Waals surface area contributed by atoms with E-state index in [0.29, 0.717) is 41.6 Å². The number of anilines is 1. The van der Waals surface area contributed by atoms with Gasteiger partial charge in [0.15, 0.2) is 0 Å². The van der Waals surface area contributed by atoms with Crippen molar-refractivity contribution >= 4 is 11.6 Å². The van der Waals surface area contributed by atoms with Crippen molar-refractivity contribution in [2.75, 3.05) is 26.6 Å². The van der Waals surface area contributed by atoms with Crippen LogP contribution in [0.25, 0.3) is 11.3 Å². The number of benzene rings is 2. The first-order valence-electron chi connectivity index (χ1n) is 9.78. The molecular weight excluding hydrogens is 398 g/mol. The van der Waals surface area contributed by atoms with E-state index in [1.165, 1.54) is 17.9 Å². The van der Waals surface area contributed by atoms with Gasteiger partial charge in [-0.2, -0.15) is 5.10 Å². The molecule has 0 fully saturated rings. The van der Waals surface area contributed by atoms with E-state index >= 15 is 0 Å². The summed E-state index contributed by atoms with van der Waals surface area (Å²) >= 11 is 0. The van der Waals surface area contributed by atoms with Crippen LogP contribution in [0.3, 0.4) is 0 Å². The highest BCUT2D eigenvalue weighted by Crippen LogP contribution is 2.29. The standard InChI is InChI=1S/C23H25N3O5/c1-29-17-7-4-6-16(14-17)19-10-12-23(28)26(25-19)13-5-8-22(27)24-20-15-18(30-2)9-11-21(20)31-3/h4,6-7,9-12,14-15H,5,8,13H2,1-3H3,(H,24,27). The third-order valence-corrected chi connectivity index (χ3v) is 4.69. The highest BCUT2D eigenvalue weighted by atomic mass is 16.5. The van der Waals surface area contributed by atoms with E-state index in [1.54, 1.807) is 38.5 Å². The van der Waals surface area contributed by atoms with Gasteiger partial charge >= 0.3 is 0 Å². The Morgan fingerprint density at radius 3 is 2.48 bits per heavy atom. The Morgan fingerprint density at radius 1 is 0.968 bits per heavy atom. The number of methoxy groups -OCH3 is 3. The van der Waals surface area contributed by atoms with E-state index < -0.39 is 0 Å². The second kappa shape index (κ2) is 10.3. The fourth-order valence-electron chi connectivity index (χ4n) is 3.06. The molecular formula is C23H25N3O5. The summed E-state index contributed by atoms with van der Waals surface area (Å²) in [7, 11) is 4.68. The summed E-state index contributed by atoms with van der Waals surface area (Å²) in [5.74, 6) is 1.67. The third kappa shape index (κ3) is 5.63. The van der Waals surface area contributed by atoms with Crippen molar-refractivity contribution in [1.29, 1.82) is 0 Å². The number of aromatic nitrogens is 2. The average molecular weight is 423 g/mol. The van der Waals surface area contributed by atoms with Crippen molar-refractivity contribution in [3.63, 3.8) is 0 Å². The van der Waals surface area contributed by atoms with Crippen molar-refractivity contribution in [1.82, 2.24) is 9.78 Å². The SMILES string of the molecule is COc1cccc(-c2ccc(=O)n(CCCC(=O)Nc3cc(OC)ccc3OC)n2)c1. The van der Waals surface area contributed by atoms with Crippen molar-refractivity contribution in [3.05, 3.63) is 65.0 Å². The van der Waals surface area contributed by atoms with E-state index in [9.17, 15) is 9.59 Å². The van der Waals surface area contributed by atoms with Crippen LogP contribution in [-0.4, -0.2) is 37.0 Å². The normalized spacial score (nSPS) is 10.4. The molecule has 0 unspecified atom stereocenters. The lowest BCUT2D eigenvalue weighted by atomic mass is 10.1. The van der Waals surface area contributed by atoms with Crippen LogP contribution in [0.5, 0.6) is 17.2 Å². The number of nitrogens with zero attached hydrogens (tertiary/aromatic N) is 2. The number of rotatable bonds is 9. The summed E-state index contributed by atoms with van der Waals surface area (Å²) in [4.78, 5) is 24.6. The van der Waals surface area contributed by atoms with Gasteiger partial charge in [0, 0.05) is 30.7 Å². The molecule has 0 saturated carbocycles. The molecule has 8 heteroatoms. The lowest BCUT2D eigenvalue weighted by Crippen LogP contribution is -2.23. The predicted octanol–water partition coefficient (Wildman–Crippen LogP) is 3.36. The zero-order chi connectivity index (χ0) is 22.2. The molecule has 0 spiro atoms. The molecule has 8 nitrogen and oxygen atoms in total. The number of nitrogens with one attached hydrogen (secondary N) is 1. The zero-order valence-electron chi connectivity index (χ0n) is 17.8. The number of amides is 1. The highest BCUT2D eigenvalue weighted by Gasteiger charge is 2.10. The average Bonchev–Trinajstić information content (AvgIpc) is 2.80. The lowest BCUT2D eigenvalue weighted by molar-refractivity contribution is -0.116. The minimum Gasteiger partial charge on any atom is -0.497 e. The van der Waals surface area contributed by atoms with Crippen LogP contribution in [0.1, 0.15) is 12.8 Å². The molecule has 1 N–H and O–H groups in total. The zero-order valence-corrected chi connectivity index (χ0v) is 17.8. The van der Waals surface area contributed by atoms with Crippen LogP contribution in [-0.2, 0) is 11.3 Å². The maximum absolute atomic E-state index is 12.4. The van der Waals surface area contributed by atoms with Gasteiger partial charge in [-0.3, -0.25) is 9.59 Å². The molecule has 2 aromatic carbocycles. The summed E-state index contributed by atoms with van der Waals surface area (Å²) in [6.07, 6.45) is 0.671. The second-order valence-corrected chi connectivity index (χ2v) is 6.73. The number of carbonyl (C=O) groups excluding carboxylic acids is 1. The molecule has 0 atom stereocenters. The summed E-state index contributed by atoms with van der Waals surface area (Å²) in [6.45, 7) is 0.319. The van der Waals surface area contributed by atoms with Gasteiger partial charge in [0.25, 0.3) is 5.56 Å². The Morgan fingerprint density at radius 2 is 1.74 bits per heavy atom. The number of carbonyl (C=O) groups is 1. The van der Waals surface area contributed by atoms with E-state index in [2.05, 4.69) is 10.4 Å². The van der Waals surface area contributed by atoms with Crippen molar-refractivity contribution in [2.24, 2.45) is 0 Å². The van der Waals surface area contributed by atoms with E-state index in [-0.39, 0.29) is 17.9 Å². The van der Waals surface area contributed by atoms with Crippen LogP contribution in [0.2, 0.25) is 0 Å². The molecule has 1 amide bonds. The van der Waals surface area contributed by atoms with Gasteiger partial charge in [0.1, 0.15) is 17.2 Å². The summed E-state index contributed by atoms with van der Waals surface area (Å²) in [6, 6.07) is 15.8. The molecule has 0 saturated heterocycles. The van der Waals surface area contributed by atoms with Gasteiger partial charge in [-0.05, 0) is 36.8 Å². The Labute approximate surface area is 180 Å². The maximum Gasteiger partial charge on any atom is 0.266 e. The number of hydrogen-bond acceptors (Lipinski definition) is 6. The Kier molecular flexibility index (Phi) is 7.26. The molecule has 0 aliphatic carbocycles. The molecule has 31 heavy (non-hydrogen) atoms. The second-order valence-electron chi connectivity index (χ2n) is 6.73. The van der Waals surface area contributed by atoms with Gasteiger partial charge in [-0.25, -0.2) is 4.68 Å². The van der Waals surface area contributed by atoms with Gasteiger partial charge in [0.2, 0.25) is 5.91 Å². The first-order chi connectivity index (χ1) is 15.0. The number of aryl methyl sites for hydroxylation is 1. The Bertz CT molecular complexity index is 1110. The van der Waals surface area contributed by atoms with Crippen LogP contribution in [0.4, 0.5) is 5.69 Å². The van der Waals surface area contributed by atoms with Crippen LogP contribution in [0.15, 0.2) is 59.4 Å². The predicted molar refractivity (Wildman–Crippen MR) is 118 cm³/mol. The Hall–Kier alpha value is -3.81. The van der Waals surface area contributed by atoms with Gasteiger partial charge in [-0.15, -0.1) is 0 Å². The minimum atomic E-state index is -0.221. The molecule has 1 aromatic heterocycles. The summed E-state index contributed by atoms with van der Waals surface area (Å²) in [5.41, 5.74) is 1.81. The fourth-order valence-corrected chi connectivity index (χ4v) is 3.06. The molecule has 0 radical (unpaired) electrons. The van der Waals surface area contributed by atoms with Crippen LogP contribution in [0, 0.1) is 0 Å². The Balaban J connectivity index is 1.64. The van der Waals surface area contributed by atoms with Crippen LogP contribution < -0.4 is 25.1 Å². The van der Waals surface area contributed by atoms with Gasteiger partial charge in [0.05, 0.1) is 32.7 Å². The molecule has 162 valence electrons. The molecule has 0 bridgehead atoms. The van der Waals surface area contributed by atoms with Crippen molar-refractivity contribution < 1.29 is 19.0 Å². The fraction of sp³-hybridized carbons (Fsp3) is 0.261. The van der Waals surface area contributed by atoms with Crippen molar-refractivity contribution in [3.8, 4) is 28.5 Å². The lowest BCUT2D eigenvalue weighted by Gasteiger charge is -2.12. The number of hydrogen-bond donors (Lipinski definition) is 1. The van der Waals surface area contributed by atoms with Crippen LogP contribution >= 0.6 is 0 Å². The first kappa shape index (κ1) is 21.9. The van der Waals surface area contributed by atoms with Gasteiger partial charge < -0.3 is 19.5 Å².